The number of nitrogens with zero attached hydrogens (tertiary/aromatic N) is 2. The van der Waals surface area contributed by atoms with Gasteiger partial charge < -0.3 is 9.80 Å². The number of likely N-dealkylation sites (tertiary alicyclic amines) is 2. The van der Waals surface area contributed by atoms with E-state index in [1.165, 1.54) is 12.0 Å². The van der Waals surface area contributed by atoms with Crippen LogP contribution in [-0.2, 0) is 11.3 Å². The van der Waals surface area contributed by atoms with E-state index in [-0.39, 0.29) is 5.54 Å². The van der Waals surface area contributed by atoms with Crippen LogP contribution < -0.4 is 0 Å². The smallest absolute Gasteiger partial charge is 0.223 e. The fraction of sp³-hybridized carbons (Fsp3) is 0.588. The summed E-state index contributed by atoms with van der Waals surface area (Å²) in [7, 11) is 2.19. The Morgan fingerprint density at radius 2 is 1.90 bits per heavy atom. The van der Waals surface area contributed by atoms with Crippen molar-refractivity contribution in [1.29, 1.82) is 0 Å². The molecule has 0 N–H and O–H groups in total. The highest BCUT2D eigenvalue weighted by Crippen LogP contribution is 2.39. The number of benzene rings is 1. The van der Waals surface area contributed by atoms with Crippen LogP contribution in [0.2, 0.25) is 0 Å². The lowest BCUT2D eigenvalue weighted by molar-refractivity contribution is -0.132. The molecule has 2 aliphatic heterocycles. The number of hydrogen-bond acceptors (Lipinski definition) is 2. The molecule has 1 amide bonds. The minimum absolute atomic E-state index is 0.123. The van der Waals surface area contributed by atoms with Crippen LogP contribution >= 0.6 is 0 Å². The van der Waals surface area contributed by atoms with Crippen molar-refractivity contribution in [2.75, 3.05) is 20.1 Å². The molecule has 108 valence electrons. The van der Waals surface area contributed by atoms with Crippen LogP contribution in [0.3, 0.4) is 0 Å². The van der Waals surface area contributed by atoms with Gasteiger partial charge in [0.2, 0.25) is 5.91 Å². The standard InChI is InChI=1S/C17H24N2O/c1-18-12-5-9-17(11-13-18)10-8-16(20)19(17)14-15-6-3-2-4-7-15/h2-4,6-7H,5,8-14H2,1H3. The van der Waals surface area contributed by atoms with Crippen molar-refractivity contribution in [3.8, 4) is 0 Å². The van der Waals surface area contributed by atoms with Gasteiger partial charge in [-0.2, -0.15) is 0 Å². The fourth-order valence-corrected chi connectivity index (χ4v) is 3.73. The highest BCUT2D eigenvalue weighted by molar-refractivity contribution is 5.79. The highest BCUT2D eigenvalue weighted by atomic mass is 16.2. The zero-order valence-corrected chi connectivity index (χ0v) is 12.3. The fourth-order valence-electron chi connectivity index (χ4n) is 3.73. The van der Waals surface area contributed by atoms with Crippen molar-refractivity contribution in [2.24, 2.45) is 0 Å². The van der Waals surface area contributed by atoms with Crippen LogP contribution in [0.25, 0.3) is 0 Å². The number of carbonyl (C=O) groups excluding carboxylic acids is 1. The molecule has 2 saturated heterocycles. The van der Waals surface area contributed by atoms with E-state index in [1.807, 2.05) is 6.07 Å². The molecule has 2 aliphatic rings. The molecule has 0 saturated carbocycles. The molecule has 1 aromatic rings. The predicted molar refractivity (Wildman–Crippen MR) is 80.3 cm³/mol. The second-order valence-electron chi connectivity index (χ2n) is 6.35. The Labute approximate surface area is 121 Å². The van der Waals surface area contributed by atoms with Gasteiger partial charge in [0.05, 0.1) is 0 Å². The van der Waals surface area contributed by atoms with Gasteiger partial charge in [0.1, 0.15) is 0 Å². The summed E-state index contributed by atoms with van der Waals surface area (Å²) in [4.78, 5) is 16.9. The van der Waals surface area contributed by atoms with Gasteiger partial charge in [0, 0.05) is 25.0 Å². The molecule has 1 unspecified atom stereocenters. The molecule has 3 nitrogen and oxygen atoms in total. The van der Waals surface area contributed by atoms with E-state index in [1.54, 1.807) is 0 Å². The highest BCUT2D eigenvalue weighted by Gasteiger charge is 2.45. The Hall–Kier alpha value is -1.35. The first-order valence-corrected chi connectivity index (χ1v) is 7.73. The molecule has 0 bridgehead atoms. The lowest BCUT2D eigenvalue weighted by Crippen LogP contribution is -2.45. The molecule has 2 fully saturated rings. The van der Waals surface area contributed by atoms with Crippen LogP contribution in [0.15, 0.2) is 30.3 Å². The molecule has 0 aromatic heterocycles. The zero-order chi connectivity index (χ0) is 14.0. The summed E-state index contributed by atoms with van der Waals surface area (Å²) in [5, 5.41) is 0. The summed E-state index contributed by atoms with van der Waals surface area (Å²) >= 11 is 0. The third-order valence-corrected chi connectivity index (χ3v) is 5.00. The molecule has 0 radical (unpaired) electrons. The average Bonchev–Trinajstić information content (AvgIpc) is 2.65. The lowest BCUT2D eigenvalue weighted by atomic mass is 9.87. The van der Waals surface area contributed by atoms with Crippen LogP contribution in [-0.4, -0.2) is 41.4 Å². The van der Waals surface area contributed by atoms with Gasteiger partial charge in [-0.05, 0) is 44.8 Å². The Kier molecular flexibility index (Phi) is 3.79. The first-order chi connectivity index (χ1) is 9.70. The first kappa shape index (κ1) is 13.6. The number of hydrogen-bond donors (Lipinski definition) is 0. The maximum Gasteiger partial charge on any atom is 0.223 e. The quantitative estimate of drug-likeness (QED) is 0.826. The SMILES string of the molecule is CN1CCCC2(CCC(=O)N2Cc2ccccc2)CC1. The van der Waals surface area contributed by atoms with Gasteiger partial charge in [-0.25, -0.2) is 0 Å². The second-order valence-corrected chi connectivity index (χ2v) is 6.35. The van der Waals surface area contributed by atoms with E-state index >= 15 is 0 Å². The molecule has 1 spiro atoms. The van der Waals surface area contributed by atoms with E-state index in [9.17, 15) is 4.79 Å². The minimum atomic E-state index is 0.123. The number of rotatable bonds is 2. The van der Waals surface area contributed by atoms with Crippen molar-refractivity contribution in [3.05, 3.63) is 35.9 Å². The second kappa shape index (κ2) is 5.57. The lowest BCUT2D eigenvalue weighted by Gasteiger charge is -2.38. The first-order valence-electron chi connectivity index (χ1n) is 7.73. The maximum absolute atomic E-state index is 12.4. The molecule has 3 rings (SSSR count). The molecular weight excluding hydrogens is 248 g/mol. The minimum Gasteiger partial charge on any atom is -0.333 e. The van der Waals surface area contributed by atoms with Gasteiger partial charge in [-0.1, -0.05) is 30.3 Å². The van der Waals surface area contributed by atoms with Crippen LogP contribution in [0.5, 0.6) is 0 Å². The van der Waals surface area contributed by atoms with E-state index < -0.39 is 0 Å². The van der Waals surface area contributed by atoms with Gasteiger partial charge in [-0.15, -0.1) is 0 Å². The van der Waals surface area contributed by atoms with E-state index in [0.717, 1.165) is 45.3 Å². The largest absolute Gasteiger partial charge is 0.333 e. The molecule has 0 aliphatic carbocycles. The van der Waals surface area contributed by atoms with Crippen molar-refractivity contribution >= 4 is 5.91 Å². The number of amides is 1. The summed E-state index contributed by atoms with van der Waals surface area (Å²) < 4.78 is 0. The Morgan fingerprint density at radius 3 is 2.70 bits per heavy atom. The Balaban J connectivity index is 1.81. The molecule has 1 aromatic carbocycles. The van der Waals surface area contributed by atoms with Crippen molar-refractivity contribution < 1.29 is 4.79 Å². The van der Waals surface area contributed by atoms with E-state index in [4.69, 9.17) is 0 Å². The topological polar surface area (TPSA) is 23.6 Å². The van der Waals surface area contributed by atoms with Crippen molar-refractivity contribution in [2.45, 2.75) is 44.2 Å². The van der Waals surface area contributed by atoms with Crippen LogP contribution in [0, 0.1) is 0 Å². The molecule has 1 atom stereocenters. The van der Waals surface area contributed by atoms with Gasteiger partial charge in [-0.3, -0.25) is 4.79 Å². The predicted octanol–water partition coefficient (Wildman–Crippen LogP) is 2.66. The molecule has 2 heterocycles. The summed E-state index contributed by atoms with van der Waals surface area (Å²) in [6.45, 7) is 3.05. The van der Waals surface area contributed by atoms with Crippen LogP contribution in [0.1, 0.15) is 37.7 Å². The van der Waals surface area contributed by atoms with Gasteiger partial charge in [0.15, 0.2) is 0 Å². The van der Waals surface area contributed by atoms with Gasteiger partial charge >= 0.3 is 0 Å². The van der Waals surface area contributed by atoms with Crippen LogP contribution in [0.4, 0.5) is 0 Å². The average molecular weight is 272 g/mol. The number of carbonyl (C=O) groups is 1. The van der Waals surface area contributed by atoms with E-state index in [2.05, 4.69) is 41.1 Å². The Morgan fingerprint density at radius 1 is 1.10 bits per heavy atom. The summed E-state index contributed by atoms with van der Waals surface area (Å²) in [5.41, 5.74) is 1.37. The van der Waals surface area contributed by atoms with Crippen molar-refractivity contribution in [1.82, 2.24) is 9.80 Å². The van der Waals surface area contributed by atoms with Gasteiger partial charge in [0.25, 0.3) is 0 Å². The third kappa shape index (κ3) is 2.59. The molecular formula is C17H24N2O. The zero-order valence-electron chi connectivity index (χ0n) is 12.3. The monoisotopic (exact) mass is 272 g/mol. The van der Waals surface area contributed by atoms with E-state index in [0.29, 0.717) is 5.91 Å². The maximum atomic E-state index is 12.4. The summed E-state index contributed by atoms with van der Waals surface area (Å²) in [6.07, 6.45) is 5.27. The molecule has 3 heteroatoms. The Bertz CT molecular complexity index is 473. The third-order valence-electron chi connectivity index (χ3n) is 5.00. The van der Waals surface area contributed by atoms with Crippen molar-refractivity contribution in [3.63, 3.8) is 0 Å². The molecule has 20 heavy (non-hydrogen) atoms. The summed E-state index contributed by atoms with van der Waals surface area (Å²) in [6, 6.07) is 10.4. The summed E-state index contributed by atoms with van der Waals surface area (Å²) in [5.74, 6) is 0.346. The normalized spacial score (nSPS) is 28.1.